The highest BCUT2D eigenvalue weighted by atomic mass is 32.2. The number of nitrogens with zero attached hydrogens (tertiary/aromatic N) is 1. The van der Waals surface area contributed by atoms with Crippen LogP contribution in [0, 0.1) is 0 Å². The minimum atomic E-state index is -3.74. The lowest BCUT2D eigenvalue weighted by Gasteiger charge is -2.19. The number of carbonyl (C=O) groups excluding carboxylic acids is 2. The van der Waals surface area contributed by atoms with E-state index in [9.17, 15) is 18.0 Å². The maximum Gasteiger partial charge on any atom is 0.412 e. The summed E-state index contributed by atoms with van der Waals surface area (Å²) in [5, 5.41) is 5.34. The van der Waals surface area contributed by atoms with E-state index in [-0.39, 0.29) is 10.6 Å². The third-order valence-corrected chi connectivity index (χ3v) is 6.90. The van der Waals surface area contributed by atoms with E-state index < -0.39 is 27.6 Å². The monoisotopic (exact) mass is 489 g/mol. The van der Waals surface area contributed by atoms with Gasteiger partial charge in [-0.1, -0.05) is 0 Å². The average molecular weight is 490 g/mol. The molecule has 0 aliphatic carbocycles. The Balaban J connectivity index is 1.75. The fraction of sp³-hybridized carbons (Fsp3) is 0.417. The fourth-order valence-electron chi connectivity index (χ4n) is 3.46. The Hall–Kier alpha value is -3.11. The largest absolute Gasteiger partial charge is 0.492 e. The van der Waals surface area contributed by atoms with Crippen molar-refractivity contribution < 1.29 is 27.5 Å². The number of ether oxygens (including phenoxy) is 2. The normalized spacial score (nSPS) is 14.5. The van der Waals surface area contributed by atoms with Crippen LogP contribution in [0.4, 0.5) is 16.2 Å². The zero-order chi connectivity index (χ0) is 24.9. The van der Waals surface area contributed by atoms with Crippen LogP contribution in [0.5, 0.6) is 5.75 Å². The van der Waals surface area contributed by atoms with E-state index in [1.54, 1.807) is 64.1 Å². The van der Waals surface area contributed by atoms with Gasteiger partial charge in [0.25, 0.3) is 5.91 Å². The molecule has 1 fully saturated rings. The highest BCUT2D eigenvalue weighted by Crippen LogP contribution is 2.32. The molecule has 2 amide bonds. The zero-order valence-corrected chi connectivity index (χ0v) is 20.7. The Morgan fingerprint density at radius 2 is 1.59 bits per heavy atom. The van der Waals surface area contributed by atoms with Crippen LogP contribution in [0.3, 0.4) is 0 Å². The Morgan fingerprint density at radius 1 is 0.971 bits per heavy atom. The quantitative estimate of drug-likeness (QED) is 0.593. The SMILES string of the molecule is CCOc1ccc(NC(=O)c2ccc(NC(=O)OC(C)(C)C)cc2)cc1S(=O)(=O)N1CCCC1. The zero-order valence-electron chi connectivity index (χ0n) is 19.9. The van der Waals surface area contributed by atoms with Gasteiger partial charge < -0.3 is 14.8 Å². The molecular formula is C24H31N3O6S. The minimum Gasteiger partial charge on any atom is -0.492 e. The predicted octanol–water partition coefficient (Wildman–Crippen LogP) is 4.47. The number of nitrogens with one attached hydrogen (secondary N) is 2. The van der Waals surface area contributed by atoms with Gasteiger partial charge in [0, 0.05) is 30.0 Å². The molecule has 1 aliphatic heterocycles. The molecule has 2 aromatic rings. The van der Waals surface area contributed by atoms with E-state index in [1.165, 1.54) is 10.4 Å². The number of benzene rings is 2. The van der Waals surface area contributed by atoms with Crippen molar-refractivity contribution in [2.75, 3.05) is 30.3 Å². The predicted molar refractivity (Wildman–Crippen MR) is 130 cm³/mol. The van der Waals surface area contributed by atoms with Crippen LogP contribution in [0.15, 0.2) is 47.4 Å². The maximum absolute atomic E-state index is 13.1. The van der Waals surface area contributed by atoms with Crippen LogP contribution < -0.4 is 15.4 Å². The van der Waals surface area contributed by atoms with Crippen molar-refractivity contribution >= 4 is 33.4 Å². The highest BCUT2D eigenvalue weighted by molar-refractivity contribution is 7.89. The molecule has 0 saturated carbocycles. The van der Waals surface area contributed by atoms with Crippen molar-refractivity contribution in [3.63, 3.8) is 0 Å². The second-order valence-corrected chi connectivity index (χ2v) is 10.8. The number of rotatable bonds is 7. The molecular weight excluding hydrogens is 458 g/mol. The van der Waals surface area contributed by atoms with E-state index in [0.29, 0.717) is 36.6 Å². The first-order valence-electron chi connectivity index (χ1n) is 11.2. The standard InChI is InChI=1S/C24H31N3O6S/c1-5-32-20-13-12-19(16-21(20)34(30,31)27-14-6-7-15-27)25-22(28)17-8-10-18(11-9-17)26-23(29)33-24(2,3)4/h8-13,16H,5-7,14-15H2,1-4H3,(H,25,28)(H,26,29). The Bertz CT molecular complexity index is 1130. The van der Waals surface area contributed by atoms with Crippen LogP contribution in [-0.4, -0.2) is 50.0 Å². The molecule has 3 rings (SSSR count). The lowest BCUT2D eigenvalue weighted by atomic mass is 10.2. The van der Waals surface area contributed by atoms with Crippen LogP contribution in [-0.2, 0) is 14.8 Å². The molecule has 10 heteroatoms. The second kappa shape index (κ2) is 10.4. The fourth-order valence-corrected chi connectivity index (χ4v) is 5.13. The van der Waals surface area contributed by atoms with E-state index in [4.69, 9.17) is 9.47 Å². The van der Waals surface area contributed by atoms with E-state index in [1.807, 2.05) is 0 Å². The van der Waals surface area contributed by atoms with Crippen molar-refractivity contribution in [3.8, 4) is 5.75 Å². The molecule has 2 N–H and O–H groups in total. The summed E-state index contributed by atoms with van der Waals surface area (Å²) in [6.07, 6.45) is 1.04. The van der Waals surface area contributed by atoms with E-state index in [0.717, 1.165) is 12.8 Å². The summed E-state index contributed by atoms with van der Waals surface area (Å²) in [4.78, 5) is 24.7. The van der Waals surface area contributed by atoms with Crippen molar-refractivity contribution in [2.45, 2.75) is 51.0 Å². The summed E-state index contributed by atoms with van der Waals surface area (Å²) in [6, 6.07) is 10.9. The van der Waals surface area contributed by atoms with Crippen LogP contribution >= 0.6 is 0 Å². The van der Waals surface area contributed by atoms with Gasteiger partial charge in [0.15, 0.2) is 0 Å². The summed E-state index contributed by atoms with van der Waals surface area (Å²) in [5.41, 5.74) is 0.531. The summed E-state index contributed by atoms with van der Waals surface area (Å²) in [5.74, 6) is -0.164. The van der Waals surface area contributed by atoms with Crippen molar-refractivity contribution in [2.24, 2.45) is 0 Å². The maximum atomic E-state index is 13.1. The molecule has 0 radical (unpaired) electrons. The van der Waals surface area contributed by atoms with Gasteiger partial charge >= 0.3 is 6.09 Å². The van der Waals surface area contributed by atoms with Crippen molar-refractivity contribution in [1.29, 1.82) is 0 Å². The Kier molecular flexibility index (Phi) is 7.83. The molecule has 0 atom stereocenters. The van der Waals surface area contributed by atoms with Crippen LogP contribution in [0.25, 0.3) is 0 Å². The molecule has 0 spiro atoms. The first-order valence-corrected chi connectivity index (χ1v) is 12.6. The number of amides is 2. The smallest absolute Gasteiger partial charge is 0.412 e. The molecule has 2 aromatic carbocycles. The first kappa shape index (κ1) is 25.5. The second-order valence-electron chi connectivity index (χ2n) is 8.86. The third kappa shape index (κ3) is 6.48. The number of sulfonamides is 1. The van der Waals surface area contributed by atoms with Crippen LogP contribution in [0.1, 0.15) is 50.9 Å². The van der Waals surface area contributed by atoms with Crippen molar-refractivity contribution in [1.82, 2.24) is 4.31 Å². The highest BCUT2D eigenvalue weighted by Gasteiger charge is 2.30. The van der Waals surface area contributed by atoms with Gasteiger partial charge in [-0.3, -0.25) is 10.1 Å². The van der Waals surface area contributed by atoms with Crippen molar-refractivity contribution in [3.05, 3.63) is 48.0 Å². The molecule has 1 heterocycles. The number of hydrogen-bond donors (Lipinski definition) is 2. The van der Waals surface area contributed by atoms with Gasteiger partial charge in [-0.25, -0.2) is 13.2 Å². The number of hydrogen-bond acceptors (Lipinski definition) is 6. The van der Waals surface area contributed by atoms with Gasteiger partial charge in [0.1, 0.15) is 16.2 Å². The number of anilines is 2. The summed E-state index contributed by atoms with van der Waals surface area (Å²) < 4.78 is 38.5. The molecule has 184 valence electrons. The third-order valence-electron chi connectivity index (χ3n) is 4.98. The topological polar surface area (TPSA) is 114 Å². The van der Waals surface area contributed by atoms with Gasteiger partial charge in [-0.2, -0.15) is 4.31 Å². The Morgan fingerprint density at radius 3 is 2.18 bits per heavy atom. The van der Waals surface area contributed by atoms with Crippen LogP contribution in [0.2, 0.25) is 0 Å². The Labute approximate surface area is 200 Å². The molecule has 0 bridgehead atoms. The van der Waals surface area contributed by atoms with E-state index >= 15 is 0 Å². The summed E-state index contributed by atoms with van der Waals surface area (Å²) in [6.45, 7) is 8.33. The first-order chi connectivity index (χ1) is 16.0. The summed E-state index contributed by atoms with van der Waals surface area (Å²) in [7, 11) is -3.74. The number of carbonyl (C=O) groups is 2. The van der Waals surface area contributed by atoms with Gasteiger partial charge in [-0.15, -0.1) is 0 Å². The molecule has 0 unspecified atom stereocenters. The lowest BCUT2D eigenvalue weighted by molar-refractivity contribution is 0.0635. The van der Waals surface area contributed by atoms with Gasteiger partial charge in [0.2, 0.25) is 10.0 Å². The molecule has 34 heavy (non-hydrogen) atoms. The minimum absolute atomic E-state index is 0.0333. The molecule has 9 nitrogen and oxygen atoms in total. The molecule has 0 aromatic heterocycles. The lowest BCUT2D eigenvalue weighted by Crippen LogP contribution is -2.28. The summed E-state index contributed by atoms with van der Waals surface area (Å²) >= 11 is 0. The van der Waals surface area contributed by atoms with E-state index in [2.05, 4.69) is 10.6 Å². The molecule has 1 saturated heterocycles. The van der Waals surface area contributed by atoms with Gasteiger partial charge in [-0.05, 0) is 83.0 Å². The average Bonchev–Trinajstić information content (AvgIpc) is 3.30. The van der Waals surface area contributed by atoms with Gasteiger partial charge in [0.05, 0.1) is 6.61 Å². The molecule has 1 aliphatic rings.